The molecule has 0 spiro atoms. The molecule has 0 bridgehead atoms. The van der Waals surface area contributed by atoms with Crippen LogP contribution in [0.4, 0.5) is 13.2 Å². The van der Waals surface area contributed by atoms with E-state index in [9.17, 15) is 33.0 Å². The van der Waals surface area contributed by atoms with Gasteiger partial charge in [0.2, 0.25) is 0 Å². The Kier molecular flexibility index (Phi) is 16.8. The van der Waals surface area contributed by atoms with Crippen LogP contribution in [0.2, 0.25) is 0 Å². The monoisotopic (exact) mass is 1280 g/mol. The molecule has 14 rings (SSSR count). The van der Waals surface area contributed by atoms with E-state index in [1.165, 1.54) is 55.0 Å². The summed E-state index contributed by atoms with van der Waals surface area (Å²) in [6.07, 6.45) is -4.98. The highest BCUT2D eigenvalue weighted by Gasteiger charge is 2.31. The lowest BCUT2D eigenvalue weighted by molar-refractivity contribution is -0.161. The van der Waals surface area contributed by atoms with Crippen molar-refractivity contribution in [1.82, 2.24) is 0 Å². The molecule has 85 heavy (non-hydrogen) atoms. The van der Waals surface area contributed by atoms with Gasteiger partial charge in [0, 0.05) is 111 Å². The van der Waals surface area contributed by atoms with Crippen LogP contribution in [0.15, 0.2) is 170 Å². The Balaban J connectivity index is 0.000000165. The lowest BCUT2D eigenvalue weighted by Gasteiger charge is -2.17. The molecular formula is C68H53F3O6S8. The van der Waals surface area contributed by atoms with Gasteiger partial charge < -0.3 is 19.7 Å². The molecule has 0 saturated carbocycles. The van der Waals surface area contributed by atoms with Crippen LogP contribution in [0, 0.1) is 0 Å². The third-order valence-corrected chi connectivity index (χ3v) is 24.8. The van der Waals surface area contributed by atoms with Gasteiger partial charge in [0.15, 0.2) is 0 Å². The number of ether oxygens (including phenoxy) is 2. The van der Waals surface area contributed by atoms with Crippen molar-refractivity contribution < 1.29 is 42.4 Å². The molecule has 2 N–H and O–H groups in total. The fourth-order valence-electron chi connectivity index (χ4n) is 10.7. The largest absolute Gasteiger partial charge is 0.456 e. The predicted molar refractivity (Wildman–Crippen MR) is 354 cm³/mol. The summed E-state index contributed by atoms with van der Waals surface area (Å²) < 4.78 is 64.5. The summed E-state index contributed by atoms with van der Waals surface area (Å²) in [5.74, 6) is -1.04. The number of carbonyl (C=O) groups is 2. The lowest BCUT2D eigenvalue weighted by Crippen LogP contribution is -2.16. The van der Waals surface area contributed by atoms with E-state index in [0.29, 0.717) is 32.1 Å². The maximum absolute atomic E-state index is 12.8. The number of fused-ring (bicyclic) bond motifs is 12. The minimum absolute atomic E-state index is 0.188. The maximum atomic E-state index is 12.8. The molecule has 0 aliphatic carbocycles. The van der Waals surface area contributed by atoms with E-state index < -0.39 is 43.3 Å². The van der Waals surface area contributed by atoms with Crippen molar-refractivity contribution in [3.63, 3.8) is 0 Å². The number of rotatable bonds is 18. The average molecular weight is 1280 g/mol. The molecule has 8 heterocycles. The molecule has 0 radical (unpaired) electrons. The summed E-state index contributed by atoms with van der Waals surface area (Å²) in [7, 11) is 0. The van der Waals surface area contributed by atoms with E-state index in [0.717, 1.165) is 82.5 Å². The SMILES string of the molecule is CCCC(=O)OC(Cc1ccccc1)c1cc2sc3cc4c(cc3c2s1)sc1cc(C(Cc2ccccc2)OC(=O)CCC(F)(F)F)sc14.OC(Cc1ccccc1)c1cc2sc3cc4c(cc3c2s1)sc1cc(C(O)Cc2ccccc2)sc14. The maximum Gasteiger partial charge on any atom is 0.389 e. The van der Waals surface area contributed by atoms with E-state index in [4.69, 9.17) is 9.47 Å². The summed E-state index contributed by atoms with van der Waals surface area (Å²) in [5.41, 5.74) is 4.35. The Morgan fingerprint density at radius 3 is 1.01 bits per heavy atom. The van der Waals surface area contributed by atoms with Crippen LogP contribution in [0.5, 0.6) is 0 Å². The van der Waals surface area contributed by atoms with Gasteiger partial charge in [-0.05, 0) is 77.2 Å². The van der Waals surface area contributed by atoms with Crippen molar-refractivity contribution in [3.8, 4) is 0 Å². The van der Waals surface area contributed by atoms with Gasteiger partial charge in [0.25, 0.3) is 0 Å². The Bertz CT molecular complexity index is 4530. The van der Waals surface area contributed by atoms with Gasteiger partial charge in [-0.25, -0.2) is 0 Å². The predicted octanol–water partition coefficient (Wildman–Crippen LogP) is 21.4. The minimum atomic E-state index is -4.42. The van der Waals surface area contributed by atoms with Crippen molar-refractivity contribution >= 4 is 181 Å². The first-order valence-corrected chi connectivity index (χ1v) is 34.4. The van der Waals surface area contributed by atoms with Crippen LogP contribution in [-0.4, -0.2) is 28.3 Å². The van der Waals surface area contributed by atoms with Crippen LogP contribution in [0.1, 0.15) is 98.8 Å². The van der Waals surface area contributed by atoms with E-state index in [1.54, 1.807) is 56.7 Å². The number of thiophene rings is 8. The fraction of sp³-hybridized carbons (Fsp3) is 0.206. The molecule has 0 amide bonds. The molecule has 8 aromatic heterocycles. The van der Waals surface area contributed by atoms with Gasteiger partial charge in [-0.2, -0.15) is 13.2 Å². The molecule has 6 aromatic carbocycles. The quantitative estimate of drug-likeness (QED) is 0.0832. The summed E-state index contributed by atoms with van der Waals surface area (Å²) >= 11 is 13.6. The smallest absolute Gasteiger partial charge is 0.389 e. The Hall–Kier alpha value is -6.35. The van der Waals surface area contributed by atoms with Gasteiger partial charge in [-0.3, -0.25) is 9.59 Å². The van der Waals surface area contributed by atoms with Crippen LogP contribution in [-0.2, 0) is 44.7 Å². The molecule has 4 unspecified atom stereocenters. The van der Waals surface area contributed by atoms with Crippen molar-refractivity contribution in [2.45, 2.75) is 88.9 Å². The van der Waals surface area contributed by atoms with Gasteiger partial charge in [-0.15, -0.1) is 90.7 Å². The number of carbonyl (C=O) groups excluding carboxylic acids is 2. The van der Waals surface area contributed by atoms with E-state index in [2.05, 4.69) is 78.9 Å². The molecule has 0 saturated heterocycles. The number of alkyl halides is 3. The molecule has 0 fully saturated rings. The number of esters is 2. The Labute approximate surface area is 519 Å². The Morgan fingerprint density at radius 1 is 0.400 bits per heavy atom. The molecule has 4 atom stereocenters. The van der Waals surface area contributed by atoms with Crippen molar-refractivity contribution in [3.05, 3.63) is 212 Å². The third kappa shape index (κ3) is 12.8. The highest BCUT2D eigenvalue weighted by molar-refractivity contribution is 7.35. The Morgan fingerprint density at radius 2 is 0.694 bits per heavy atom. The zero-order chi connectivity index (χ0) is 58.3. The molecule has 0 aliphatic rings. The van der Waals surface area contributed by atoms with Crippen LogP contribution >= 0.6 is 90.7 Å². The van der Waals surface area contributed by atoms with Gasteiger partial charge >= 0.3 is 18.1 Å². The first-order chi connectivity index (χ1) is 41.2. The number of hydrogen-bond acceptors (Lipinski definition) is 14. The first kappa shape index (κ1) is 57.7. The van der Waals surface area contributed by atoms with Crippen molar-refractivity contribution in [2.24, 2.45) is 0 Å². The van der Waals surface area contributed by atoms with Crippen LogP contribution < -0.4 is 0 Å². The van der Waals surface area contributed by atoms with E-state index >= 15 is 0 Å². The number of halogens is 3. The molecule has 0 aliphatic heterocycles. The van der Waals surface area contributed by atoms with Crippen LogP contribution in [0.3, 0.4) is 0 Å². The van der Waals surface area contributed by atoms with Crippen LogP contribution in [0.25, 0.3) is 77.9 Å². The van der Waals surface area contributed by atoms with Crippen molar-refractivity contribution in [1.29, 1.82) is 0 Å². The summed E-state index contributed by atoms with van der Waals surface area (Å²) in [6.45, 7) is 1.97. The number of aliphatic hydroxyl groups is 2. The number of benzene rings is 6. The summed E-state index contributed by atoms with van der Waals surface area (Å²) in [4.78, 5) is 29.0. The lowest BCUT2D eigenvalue weighted by atomic mass is 10.1. The second-order valence-electron chi connectivity index (χ2n) is 21.1. The minimum Gasteiger partial charge on any atom is -0.456 e. The fourth-order valence-corrected chi connectivity index (χ4v) is 20.9. The second kappa shape index (κ2) is 24.8. The normalized spacial score (nSPS) is 13.6. The highest BCUT2D eigenvalue weighted by atomic mass is 32.1. The van der Waals surface area contributed by atoms with E-state index in [1.807, 2.05) is 121 Å². The van der Waals surface area contributed by atoms with E-state index in [-0.39, 0.29) is 12.1 Å². The third-order valence-electron chi connectivity index (χ3n) is 14.9. The second-order valence-corrected chi connectivity index (χ2v) is 29.7. The highest BCUT2D eigenvalue weighted by Crippen LogP contribution is 2.50. The summed E-state index contributed by atoms with van der Waals surface area (Å²) in [5, 5.41) is 26.6. The van der Waals surface area contributed by atoms with Crippen molar-refractivity contribution in [2.75, 3.05) is 0 Å². The molecular weight excluding hydrogens is 1230 g/mol. The molecule has 6 nitrogen and oxygen atoms in total. The zero-order valence-electron chi connectivity index (χ0n) is 45.6. The van der Waals surface area contributed by atoms with Gasteiger partial charge in [0.1, 0.15) is 12.2 Å². The number of aliphatic hydroxyl groups excluding tert-OH is 2. The molecule has 14 aromatic rings. The average Bonchev–Trinajstić information content (AvgIpc) is 2.09. The first-order valence-electron chi connectivity index (χ1n) is 27.9. The standard InChI is InChI=1S/C38H31F3O4S4.C30H22O2S4/c1-2-9-34(42)44-26(16-22-10-5-3-6-11-22)30-20-32-36(48-30)24-18-29-25(19-28(24)46-32)37-33(47-29)21-31(49-37)27(17-23-12-7-4-8-13-23)45-35(43)14-15-38(39,40)41;31-21(11-17-7-3-1-4-8-17)25-15-27-29(35-25)19-13-24-20(14-23(19)33-27)30-28(34-24)16-26(36-30)22(32)12-18-9-5-2-6-10-18/h3-8,10-13,18-21,26-27H,2,9,14-17H2,1H3;1-10,13-16,21-22,31-32H,11-12H2. The van der Waals surface area contributed by atoms with Gasteiger partial charge in [-0.1, -0.05) is 128 Å². The molecule has 430 valence electrons. The summed E-state index contributed by atoms with van der Waals surface area (Å²) in [6, 6.07) is 57.6. The zero-order valence-corrected chi connectivity index (χ0v) is 52.1. The molecule has 17 heteroatoms. The van der Waals surface area contributed by atoms with Gasteiger partial charge in [0.05, 0.1) is 43.8 Å². The number of hydrogen-bond donors (Lipinski definition) is 2. The topological polar surface area (TPSA) is 93.1 Å².